The Labute approximate surface area is 143 Å². The normalized spacial score (nSPS) is 24.2. The zero-order valence-electron chi connectivity index (χ0n) is 13.2. The number of ether oxygens (including phenoxy) is 1. The maximum Gasteiger partial charge on any atom is 0.265 e. The van der Waals surface area contributed by atoms with E-state index in [0.29, 0.717) is 18.0 Å². The first kappa shape index (κ1) is 16.3. The van der Waals surface area contributed by atoms with E-state index < -0.39 is 0 Å². The van der Waals surface area contributed by atoms with E-state index in [4.69, 9.17) is 4.74 Å². The lowest BCUT2D eigenvalue weighted by molar-refractivity contribution is -0.135. The van der Waals surface area contributed by atoms with E-state index in [-0.39, 0.29) is 37.0 Å². The van der Waals surface area contributed by atoms with E-state index in [0.717, 1.165) is 11.0 Å². The maximum atomic E-state index is 12.7. The molecular weight excluding hydrogens is 362 g/mol. The van der Waals surface area contributed by atoms with Gasteiger partial charge in [-0.1, -0.05) is 15.9 Å². The summed E-state index contributed by atoms with van der Waals surface area (Å²) in [6.07, 6.45) is 0. The van der Waals surface area contributed by atoms with Crippen LogP contribution in [0, 0.1) is 0 Å². The standard InChI is InChI=1S/C16H20BrN3O3/c1-10-11(2)19(6-5-18-10)15(21)8-20-13-4-3-12(17)7-14(13)23-9-16(20)22/h3-4,7,10-11,18H,5-6,8-9H2,1-2H3. The summed E-state index contributed by atoms with van der Waals surface area (Å²) in [5.74, 6) is 0.396. The first-order valence-electron chi connectivity index (χ1n) is 7.73. The Hall–Kier alpha value is -1.60. The van der Waals surface area contributed by atoms with Gasteiger partial charge in [-0.25, -0.2) is 0 Å². The highest BCUT2D eigenvalue weighted by molar-refractivity contribution is 9.10. The van der Waals surface area contributed by atoms with Gasteiger partial charge in [-0.2, -0.15) is 0 Å². The fourth-order valence-corrected chi connectivity index (χ4v) is 3.33. The number of carbonyl (C=O) groups excluding carboxylic acids is 2. The molecule has 7 heteroatoms. The van der Waals surface area contributed by atoms with E-state index in [9.17, 15) is 9.59 Å². The van der Waals surface area contributed by atoms with Crippen LogP contribution in [0.1, 0.15) is 13.8 Å². The van der Waals surface area contributed by atoms with Crippen molar-refractivity contribution in [2.75, 3.05) is 31.1 Å². The number of piperazine rings is 1. The molecule has 2 amide bonds. The minimum absolute atomic E-state index is 0.0324. The van der Waals surface area contributed by atoms with Gasteiger partial charge in [0.2, 0.25) is 5.91 Å². The van der Waals surface area contributed by atoms with Crippen LogP contribution in [0.4, 0.5) is 5.69 Å². The molecule has 0 spiro atoms. The third-order valence-corrected chi connectivity index (χ3v) is 5.01. The number of rotatable bonds is 2. The molecular formula is C16H20BrN3O3. The third kappa shape index (κ3) is 3.21. The number of anilines is 1. The number of nitrogens with one attached hydrogen (secondary N) is 1. The molecule has 0 bridgehead atoms. The Morgan fingerprint density at radius 2 is 2.22 bits per heavy atom. The predicted molar refractivity (Wildman–Crippen MR) is 90.6 cm³/mol. The zero-order chi connectivity index (χ0) is 16.6. The molecule has 124 valence electrons. The average Bonchev–Trinajstić information content (AvgIpc) is 2.52. The zero-order valence-corrected chi connectivity index (χ0v) is 14.8. The summed E-state index contributed by atoms with van der Waals surface area (Å²) in [6.45, 7) is 5.55. The molecule has 2 atom stereocenters. The fourth-order valence-electron chi connectivity index (χ4n) is 2.99. The van der Waals surface area contributed by atoms with E-state index >= 15 is 0 Å². The van der Waals surface area contributed by atoms with E-state index in [1.165, 1.54) is 4.90 Å². The van der Waals surface area contributed by atoms with Crippen molar-refractivity contribution in [2.45, 2.75) is 25.9 Å². The number of amides is 2. The van der Waals surface area contributed by atoms with Crippen LogP contribution < -0.4 is 15.0 Å². The molecule has 2 heterocycles. The molecule has 1 saturated heterocycles. The predicted octanol–water partition coefficient (Wildman–Crippen LogP) is 1.38. The van der Waals surface area contributed by atoms with Gasteiger partial charge in [0.15, 0.2) is 6.61 Å². The molecule has 0 aromatic heterocycles. The quantitative estimate of drug-likeness (QED) is 0.840. The lowest BCUT2D eigenvalue weighted by atomic mass is 10.1. The Kier molecular flexibility index (Phi) is 4.59. The highest BCUT2D eigenvalue weighted by Gasteiger charge is 2.32. The van der Waals surface area contributed by atoms with Crippen LogP contribution >= 0.6 is 15.9 Å². The Bertz CT molecular complexity index is 637. The second-order valence-corrected chi connectivity index (χ2v) is 6.87. The number of fused-ring (bicyclic) bond motifs is 1. The summed E-state index contributed by atoms with van der Waals surface area (Å²) in [7, 11) is 0. The Morgan fingerprint density at radius 1 is 1.43 bits per heavy atom. The van der Waals surface area contributed by atoms with Gasteiger partial charge in [0, 0.05) is 29.6 Å². The van der Waals surface area contributed by atoms with Gasteiger partial charge in [-0.15, -0.1) is 0 Å². The van der Waals surface area contributed by atoms with Crippen LogP contribution in [0.5, 0.6) is 5.75 Å². The lowest BCUT2D eigenvalue weighted by Gasteiger charge is -2.40. The summed E-state index contributed by atoms with van der Waals surface area (Å²) >= 11 is 3.39. The van der Waals surface area contributed by atoms with Gasteiger partial charge < -0.3 is 15.0 Å². The summed E-state index contributed by atoms with van der Waals surface area (Å²) in [5, 5.41) is 3.35. The molecule has 0 aliphatic carbocycles. The topological polar surface area (TPSA) is 61.9 Å². The number of hydrogen-bond acceptors (Lipinski definition) is 4. The summed E-state index contributed by atoms with van der Waals surface area (Å²) < 4.78 is 6.33. The van der Waals surface area contributed by atoms with E-state index in [1.54, 1.807) is 6.07 Å². The number of halogens is 1. The van der Waals surface area contributed by atoms with Crippen LogP contribution in [0.2, 0.25) is 0 Å². The van der Waals surface area contributed by atoms with Crippen molar-refractivity contribution < 1.29 is 14.3 Å². The van der Waals surface area contributed by atoms with Crippen molar-refractivity contribution in [3.05, 3.63) is 22.7 Å². The molecule has 3 rings (SSSR count). The van der Waals surface area contributed by atoms with Gasteiger partial charge in [-0.05, 0) is 32.0 Å². The van der Waals surface area contributed by atoms with E-state index in [1.807, 2.05) is 24.0 Å². The monoisotopic (exact) mass is 381 g/mol. The number of benzene rings is 1. The Balaban J connectivity index is 1.79. The number of nitrogens with zero attached hydrogens (tertiary/aromatic N) is 2. The van der Waals surface area contributed by atoms with Crippen LogP contribution in [0.15, 0.2) is 22.7 Å². The highest BCUT2D eigenvalue weighted by Crippen LogP contribution is 2.34. The van der Waals surface area contributed by atoms with Gasteiger partial charge in [0.05, 0.1) is 5.69 Å². The molecule has 2 unspecified atom stereocenters. The van der Waals surface area contributed by atoms with Crippen molar-refractivity contribution >= 4 is 33.4 Å². The third-order valence-electron chi connectivity index (χ3n) is 4.51. The lowest BCUT2D eigenvalue weighted by Crippen LogP contribution is -2.59. The maximum absolute atomic E-state index is 12.7. The van der Waals surface area contributed by atoms with Crippen molar-refractivity contribution in [3.63, 3.8) is 0 Å². The average molecular weight is 382 g/mol. The number of carbonyl (C=O) groups is 2. The molecule has 0 radical (unpaired) electrons. The van der Waals surface area contributed by atoms with Crippen LogP contribution in [0.25, 0.3) is 0 Å². The van der Waals surface area contributed by atoms with Crippen LogP contribution in [-0.2, 0) is 9.59 Å². The molecule has 23 heavy (non-hydrogen) atoms. The van der Waals surface area contributed by atoms with Crippen LogP contribution in [-0.4, -0.2) is 55.0 Å². The van der Waals surface area contributed by atoms with Gasteiger partial charge in [0.25, 0.3) is 5.91 Å². The van der Waals surface area contributed by atoms with Crippen molar-refractivity contribution in [1.82, 2.24) is 10.2 Å². The summed E-state index contributed by atoms with van der Waals surface area (Å²) in [6, 6.07) is 5.81. The fraction of sp³-hybridized carbons (Fsp3) is 0.500. The second-order valence-electron chi connectivity index (χ2n) is 5.95. The van der Waals surface area contributed by atoms with Gasteiger partial charge >= 0.3 is 0 Å². The van der Waals surface area contributed by atoms with Crippen LogP contribution in [0.3, 0.4) is 0 Å². The molecule has 1 N–H and O–H groups in total. The molecule has 1 aromatic carbocycles. The van der Waals surface area contributed by atoms with Gasteiger partial charge in [-0.3, -0.25) is 14.5 Å². The first-order chi connectivity index (χ1) is 11.0. The molecule has 2 aliphatic rings. The summed E-state index contributed by atoms with van der Waals surface area (Å²) in [5.41, 5.74) is 0.647. The van der Waals surface area contributed by atoms with E-state index in [2.05, 4.69) is 28.2 Å². The number of hydrogen-bond donors (Lipinski definition) is 1. The SMILES string of the molecule is CC1NCCN(C(=O)CN2C(=O)COc3cc(Br)ccc32)C1C. The Morgan fingerprint density at radius 3 is 3.00 bits per heavy atom. The van der Waals surface area contributed by atoms with Crippen molar-refractivity contribution in [3.8, 4) is 5.75 Å². The highest BCUT2D eigenvalue weighted by atomic mass is 79.9. The first-order valence-corrected chi connectivity index (χ1v) is 8.52. The summed E-state index contributed by atoms with van der Waals surface area (Å²) in [4.78, 5) is 28.3. The molecule has 1 fully saturated rings. The molecule has 0 saturated carbocycles. The van der Waals surface area contributed by atoms with Gasteiger partial charge in [0.1, 0.15) is 12.3 Å². The van der Waals surface area contributed by atoms with Crippen molar-refractivity contribution in [2.24, 2.45) is 0 Å². The second kappa shape index (κ2) is 6.49. The van der Waals surface area contributed by atoms with Crippen molar-refractivity contribution in [1.29, 1.82) is 0 Å². The largest absolute Gasteiger partial charge is 0.482 e. The molecule has 1 aromatic rings. The minimum Gasteiger partial charge on any atom is -0.482 e. The minimum atomic E-state index is -0.191. The molecule has 2 aliphatic heterocycles. The molecule has 6 nitrogen and oxygen atoms in total. The smallest absolute Gasteiger partial charge is 0.265 e.